The molecule has 0 bridgehead atoms. The van der Waals surface area contributed by atoms with E-state index in [4.69, 9.17) is 5.73 Å². The van der Waals surface area contributed by atoms with Gasteiger partial charge in [0.25, 0.3) is 0 Å². The molecule has 1 fully saturated rings. The minimum atomic E-state index is 0.733. The second kappa shape index (κ2) is 5.25. The van der Waals surface area contributed by atoms with Gasteiger partial charge in [0, 0.05) is 6.54 Å². The lowest BCUT2D eigenvalue weighted by Crippen LogP contribution is -2.17. The van der Waals surface area contributed by atoms with Crippen LogP contribution in [0.25, 0.3) is 0 Å². The molecular formula is C13H20BrN3. The fourth-order valence-corrected chi connectivity index (χ4v) is 2.94. The number of nitrogens with one attached hydrogen (secondary N) is 1. The van der Waals surface area contributed by atoms with Crippen molar-refractivity contribution in [1.29, 1.82) is 0 Å². The van der Waals surface area contributed by atoms with Crippen LogP contribution >= 0.6 is 15.9 Å². The highest BCUT2D eigenvalue weighted by atomic mass is 79.9. The fraction of sp³-hybridized carbons (Fsp3) is 0.615. The molecule has 1 aliphatic carbocycles. The molecule has 2 rings (SSSR count). The van der Waals surface area contributed by atoms with E-state index in [1.165, 1.54) is 19.3 Å². The third-order valence-electron chi connectivity index (χ3n) is 3.87. The van der Waals surface area contributed by atoms with Gasteiger partial charge in [-0.25, -0.2) is 4.98 Å². The predicted molar refractivity (Wildman–Crippen MR) is 76.1 cm³/mol. The molecule has 2 atom stereocenters. The van der Waals surface area contributed by atoms with Crippen LogP contribution in [0.4, 0.5) is 11.5 Å². The molecule has 1 heterocycles. The van der Waals surface area contributed by atoms with Gasteiger partial charge in [-0.3, -0.25) is 0 Å². The molecule has 0 saturated heterocycles. The largest absolute Gasteiger partial charge is 0.397 e. The molecule has 1 saturated carbocycles. The Morgan fingerprint density at radius 3 is 2.94 bits per heavy atom. The Morgan fingerprint density at radius 1 is 1.53 bits per heavy atom. The summed E-state index contributed by atoms with van der Waals surface area (Å²) in [6.45, 7) is 5.36. The van der Waals surface area contributed by atoms with Gasteiger partial charge < -0.3 is 11.1 Å². The molecule has 0 spiro atoms. The zero-order chi connectivity index (χ0) is 12.4. The number of nitrogens with two attached hydrogens (primary N) is 1. The second-order valence-electron chi connectivity index (χ2n) is 5.05. The van der Waals surface area contributed by atoms with Crippen LogP contribution in [0.5, 0.6) is 0 Å². The maximum absolute atomic E-state index is 5.81. The zero-order valence-electron chi connectivity index (χ0n) is 10.5. The van der Waals surface area contributed by atoms with E-state index in [1.807, 2.05) is 6.92 Å². The Labute approximate surface area is 111 Å². The molecule has 94 valence electrons. The summed E-state index contributed by atoms with van der Waals surface area (Å²) in [5.74, 6) is 2.52. The van der Waals surface area contributed by atoms with Gasteiger partial charge in [-0.2, -0.15) is 0 Å². The van der Waals surface area contributed by atoms with E-state index in [1.54, 1.807) is 6.20 Å². The third-order valence-corrected chi connectivity index (χ3v) is 4.84. The fourth-order valence-electron chi connectivity index (χ4n) is 2.47. The predicted octanol–water partition coefficient (Wildman–Crippen LogP) is 3.58. The van der Waals surface area contributed by atoms with Crippen LogP contribution in [0.2, 0.25) is 0 Å². The maximum atomic E-state index is 5.81. The van der Waals surface area contributed by atoms with E-state index in [2.05, 4.69) is 33.2 Å². The zero-order valence-corrected chi connectivity index (χ0v) is 12.0. The van der Waals surface area contributed by atoms with E-state index in [-0.39, 0.29) is 0 Å². The molecule has 17 heavy (non-hydrogen) atoms. The summed E-state index contributed by atoms with van der Waals surface area (Å²) in [6, 6.07) is 0. The highest BCUT2D eigenvalue weighted by Crippen LogP contribution is 2.32. The van der Waals surface area contributed by atoms with Crippen LogP contribution in [-0.2, 0) is 0 Å². The van der Waals surface area contributed by atoms with Gasteiger partial charge in [0.15, 0.2) is 0 Å². The minimum absolute atomic E-state index is 0.733. The number of nitrogens with zero attached hydrogens (tertiary/aromatic N) is 1. The average Bonchev–Trinajstić information content (AvgIpc) is 2.71. The van der Waals surface area contributed by atoms with Crippen molar-refractivity contribution in [2.45, 2.75) is 33.1 Å². The van der Waals surface area contributed by atoms with Crippen molar-refractivity contribution >= 4 is 27.4 Å². The lowest BCUT2D eigenvalue weighted by Gasteiger charge is -2.17. The molecular weight excluding hydrogens is 278 g/mol. The van der Waals surface area contributed by atoms with Crippen LogP contribution in [-0.4, -0.2) is 11.5 Å². The third kappa shape index (κ3) is 2.73. The van der Waals surface area contributed by atoms with Gasteiger partial charge in [0.2, 0.25) is 0 Å². The Kier molecular flexibility index (Phi) is 3.92. The molecule has 3 N–H and O–H groups in total. The summed E-state index contributed by atoms with van der Waals surface area (Å²) in [4.78, 5) is 4.34. The Bertz CT molecular complexity index is 406. The Hall–Kier alpha value is -0.770. The van der Waals surface area contributed by atoms with Crippen LogP contribution < -0.4 is 11.1 Å². The SMILES string of the molecule is Cc1c(N)cnc(NCC2CCCC2C)c1Br. The standard InChI is InChI=1S/C13H20BrN3/c1-8-4-3-5-10(8)6-16-13-12(14)9(2)11(15)7-17-13/h7-8,10H,3-6,15H2,1-2H3,(H,16,17). The van der Waals surface area contributed by atoms with Gasteiger partial charge in [-0.15, -0.1) is 0 Å². The Balaban J connectivity index is 2.02. The van der Waals surface area contributed by atoms with E-state index < -0.39 is 0 Å². The van der Waals surface area contributed by atoms with Gasteiger partial charge in [0.05, 0.1) is 16.4 Å². The van der Waals surface area contributed by atoms with Crippen LogP contribution in [0.3, 0.4) is 0 Å². The summed E-state index contributed by atoms with van der Waals surface area (Å²) in [6.07, 6.45) is 5.78. The molecule has 1 aromatic rings. The van der Waals surface area contributed by atoms with E-state index in [0.717, 1.165) is 39.9 Å². The molecule has 2 unspecified atom stereocenters. The summed E-state index contributed by atoms with van der Waals surface area (Å²) >= 11 is 3.55. The molecule has 4 heteroatoms. The highest BCUT2D eigenvalue weighted by Gasteiger charge is 2.23. The molecule has 0 aliphatic heterocycles. The summed E-state index contributed by atoms with van der Waals surface area (Å²) < 4.78 is 0.989. The van der Waals surface area contributed by atoms with E-state index in [9.17, 15) is 0 Å². The van der Waals surface area contributed by atoms with Crippen molar-refractivity contribution in [3.63, 3.8) is 0 Å². The van der Waals surface area contributed by atoms with Crippen molar-refractivity contribution in [2.75, 3.05) is 17.6 Å². The molecule has 1 aromatic heterocycles. The van der Waals surface area contributed by atoms with Gasteiger partial charge in [0.1, 0.15) is 5.82 Å². The number of hydrogen-bond donors (Lipinski definition) is 2. The van der Waals surface area contributed by atoms with Crippen LogP contribution in [0, 0.1) is 18.8 Å². The molecule has 3 nitrogen and oxygen atoms in total. The number of anilines is 2. The van der Waals surface area contributed by atoms with Crippen molar-refractivity contribution in [3.8, 4) is 0 Å². The quantitative estimate of drug-likeness (QED) is 0.896. The Morgan fingerprint density at radius 2 is 2.29 bits per heavy atom. The first kappa shape index (κ1) is 12.7. The maximum Gasteiger partial charge on any atom is 0.140 e. The van der Waals surface area contributed by atoms with Gasteiger partial charge in [-0.1, -0.05) is 19.8 Å². The van der Waals surface area contributed by atoms with Crippen LogP contribution in [0.1, 0.15) is 31.7 Å². The average molecular weight is 298 g/mol. The number of pyridine rings is 1. The van der Waals surface area contributed by atoms with Crippen molar-refractivity contribution < 1.29 is 0 Å². The first-order valence-corrected chi connectivity index (χ1v) is 7.03. The number of aromatic nitrogens is 1. The second-order valence-corrected chi connectivity index (χ2v) is 5.84. The van der Waals surface area contributed by atoms with E-state index >= 15 is 0 Å². The monoisotopic (exact) mass is 297 g/mol. The minimum Gasteiger partial charge on any atom is -0.397 e. The van der Waals surface area contributed by atoms with Crippen molar-refractivity contribution in [3.05, 3.63) is 16.2 Å². The topological polar surface area (TPSA) is 50.9 Å². The van der Waals surface area contributed by atoms with Crippen molar-refractivity contribution in [1.82, 2.24) is 4.98 Å². The summed E-state index contributed by atoms with van der Waals surface area (Å²) in [5, 5.41) is 3.44. The lowest BCUT2D eigenvalue weighted by atomic mass is 9.98. The van der Waals surface area contributed by atoms with Crippen molar-refractivity contribution in [2.24, 2.45) is 11.8 Å². The molecule has 0 aromatic carbocycles. The smallest absolute Gasteiger partial charge is 0.140 e. The van der Waals surface area contributed by atoms with Crippen LogP contribution in [0.15, 0.2) is 10.7 Å². The van der Waals surface area contributed by atoms with Gasteiger partial charge >= 0.3 is 0 Å². The molecule has 0 radical (unpaired) electrons. The number of rotatable bonds is 3. The lowest BCUT2D eigenvalue weighted by molar-refractivity contribution is 0.439. The normalized spacial score (nSPS) is 23.9. The molecule has 0 amide bonds. The first-order chi connectivity index (χ1) is 8.09. The number of halogens is 1. The highest BCUT2D eigenvalue weighted by molar-refractivity contribution is 9.10. The summed E-state index contributed by atoms with van der Waals surface area (Å²) in [5.41, 5.74) is 7.60. The van der Waals surface area contributed by atoms with E-state index in [0.29, 0.717) is 0 Å². The number of nitrogen functional groups attached to an aromatic ring is 1. The number of hydrogen-bond acceptors (Lipinski definition) is 3. The first-order valence-electron chi connectivity index (χ1n) is 6.24. The van der Waals surface area contributed by atoms with Gasteiger partial charge in [-0.05, 0) is 46.7 Å². The molecule has 1 aliphatic rings. The summed E-state index contributed by atoms with van der Waals surface area (Å²) in [7, 11) is 0.